The van der Waals surface area contributed by atoms with Gasteiger partial charge in [0.05, 0.1) is 0 Å². The van der Waals surface area contributed by atoms with Crippen molar-refractivity contribution in [3.8, 4) is 6.19 Å². The molecule has 1 amide bonds. The predicted octanol–water partition coefficient (Wildman–Crippen LogP) is 3.45. The van der Waals surface area contributed by atoms with E-state index in [4.69, 9.17) is 15.5 Å². The molecule has 4 N–H and O–H groups in total. The first-order valence-corrected chi connectivity index (χ1v) is 14.6. The van der Waals surface area contributed by atoms with Crippen LogP contribution in [-0.4, -0.2) is 56.3 Å². The summed E-state index contributed by atoms with van der Waals surface area (Å²) < 4.78 is 45.8. The number of phosphoric ester groups is 1. The fourth-order valence-corrected chi connectivity index (χ4v) is 6.37. The minimum absolute atomic E-state index is 0.00844. The zero-order chi connectivity index (χ0) is 29.1. The van der Waals surface area contributed by atoms with Crippen LogP contribution in [0.25, 0.3) is 0 Å². The van der Waals surface area contributed by atoms with Crippen LogP contribution in [0.5, 0.6) is 0 Å². The third-order valence-corrected chi connectivity index (χ3v) is 8.45. The highest BCUT2D eigenvalue weighted by atomic mass is 32.2. The highest BCUT2D eigenvalue weighted by Crippen LogP contribution is 2.53. The van der Waals surface area contributed by atoms with Crippen molar-refractivity contribution in [2.45, 2.75) is 36.7 Å². The number of carbonyl (C=O) groups is 1. The molecule has 15 heteroatoms. The molecule has 1 aliphatic heterocycles. The molecule has 0 saturated heterocycles. The molecule has 0 bridgehead atoms. The average Bonchev–Trinajstić information content (AvgIpc) is 3.69. The topological polar surface area (TPSA) is 165 Å². The van der Waals surface area contributed by atoms with E-state index in [2.05, 4.69) is 10.1 Å². The van der Waals surface area contributed by atoms with Crippen molar-refractivity contribution in [3.05, 3.63) is 71.3 Å². The molecule has 0 spiro atoms. The standard InChI is InChI=1S/C25H27F2N6O5PS/c1-32(24(29)30-15-28)13-5-12-25(17-6-3-2-4-7-17)33(23(34)21(16-8-9-16)38-39(35,36)37)31-22(40-25)19-14-18(26)10-11-20(19)27/h2-4,6-7,10-11,14,16,21H,5,8-9,12-13H2,1H3,(H2,29,30)(H2,35,36,37)/t21-,25?/m0/s1. The Morgan fingerprint density at radius 1 is 1.35 bits per heavy atom. The third-order valence-electron chi connectivity index (χ3n) is 6.50. The maximum atomic E-state index is 14.9. The Hall–Kier alpha value is -3.34. The number of phosphoric acid groups is 1. The van der Waals surface area contributed by atoms with Crippen molar-refractivity contribution in [2.75, 3.05) is 13.6 Å². The van der Waals surface area contributed by atoms with Gasteiger partial charge in [0.25, 0.3) is 5.91 Å². The van der Waals surface area contributed by atoms with E-state index in [1.54, 1.807) is 48.5 Å². The van der Waals surface area contributed by atoms with Crippen LogP contribution in [0.15, 0.2) is 58.6 Å². The molecular weight excluding hydrogens is 565 g/mol. The molecule has 212 valence electrons. The van der Waals surface area contributed by atoms with Crippen LogP contribution in [0.3, 0.4) is 0 Å². The Kier molecular flexibility index (Phi) is 8.92. The van der Waals surface area contributed by atoms with Gasteiger partial charge in [0.15, 0.2) is 6.10 Å². The van der Waals surface area contributed by atoms with Crippen LogP contribution in [0.4, 0.5) is 8.78 Å². The van der Waals surface area contributed by atoms with E-state index in [0.29, 0.717) is 31.4 Å². The van der Waals surface area contributed by atoms with Gasteiger partial charge in [-0.2, -0.15) is 10.4 Å². The van der Waals surface area contributed by atoms with Gasteiger partial charge in [-0.1, -0.05) is 42.1 Å². The number of guanidine groups is 1. The van der Waals surface area contributed by atoms with Crippen molar-refractivity contribution in [3.63, 3.8) is 0 Å². The van der Waals surface area contributed by atoms with Crippen molar-refractivity contribution < 1.29 is 32.5 Å². The summed E-state index contributed by atoms with van der Waals surface area (Å²) in [6, 6.07) is 11.7. The number of aliphatic imine (C=N–C) groups is 1. The highest BCUT2D eigenvalue weighted by Gasteiger charge is 2.53. The van der Waals surface area contributed by atoms with E-state index in [-0.39, 0.29) is 23.0 Å². The van der Waals surface area contributed by atoms with Crippen molar-refractivity contribution in [1.82, 2.24) is 9.91 Å². The van der Waals surface area contributed by atoms with Crippen molar-refractivity contribution >= 4 is 36.5 Å². The van der Waals surface area contributed by atoms with Gasteiger partial charge in [-0.05, 0) is 55.4 Å². The summed E-state index contributed by atoms with van der Waals surface area (Å²) in [6.45, 7) is 0.308. The molecule has 1 aliphatic carbocycles. The van der Waals surface area contributed by atoms with E-state index in [9.17, 15) is 27.9 Å². The SMILES string of the molecule is CN(CCCC1(c2ccccc2)SC(c2cc(F)ccc2F)=NN1C(=O)[C@@H](OP(=O)(O)O)C1CC1)/C(N)=N/C#N. The summed E-state index contributed by atoms with van der Waals surface area (Å²) in [7, 11) is -3.42. The normalized spacial score (nSPS) is 20.1. The first kappa shape index (κ1) is 29.6. The number of hydrazone groups is 1. The summed E-state index contributed by atoms with van der Waals surface area (Å²) in [5.74, 6) is -2.71. The lowest BCUT2D eigenvalue weighted by Crippen LogP contribution is -2.47. The van der Waals surface area contributed by atoms with E-state index < -0.39 is 42.3 Å². The smallest absolute Gasteiger partial charge is 0.369 e. The first-order chi connectivity index (χ1) is 18.9. The van der Waals surface area contributed by atoms with Gasteiger partial charge in [0.1, 0.15) is 21.5 Å². The van der Waals surface area contributed by atoms with Gasteiger partial charge in [0.2, 0.25) is 12.2 Å². The number of nitrogens with zero attached hydrogens (tertiary/aromatic N) is 5. The summed E-state index contributed by atoms with van der Waals surface area (Å²) in [5, 5.41) is 14.3. The van der Waals surface area contributed by atoms with E-state index in [1.807, 2.05) is 0 Å². The zero-order valence-corrected chi connectivity index (χ0v) is 23.1. The second-order valence-electron chi connectivity index (χ2n) is 9.38. The molecule has 40 heavy (non-hydrogen) atoms. The van der Waals surface area contributed by atoms with Crippen molar-refractivity contribution in [1.29, 1.82) is 5.26 Å². The van der Waals surface area contributed by atoms with Gasteiger partial charge in [-0.25, -0.2) is 18.4 Å². The minimum Gasteiger partial charge on any atom is -0.369 e. The molecular formula is C25H27F2N6O5PS. The second kappa shape index (κ2) is 12.0. The molecule has 4 rings (SSSR count). The maximum absolute atomic E-state index is 14.9. The predicted molar refractivity (Wildman–Crippen MR) is 144 cm³/mol. The van der Waals surface area contributed by atoms with Crippen molar-refractivity contribution in [2.24, 2.45) is 21.7 Å². The molecule has 1 saturated carbocycles. The molecule has 2 atom stereocenters. The largest absolute Gasteiger partial charge is 0.470 e. The Balaban J connectivity index is 1.79. The molecule has 0 aromatic heterocycles. The molecule has 0 radical (unpaired) electrons. The highest BCUT2D eigenvalue weighted by molar-refractivity contribution is 8.15. The van der Waals surface area contributed by atoms with E-state index in [0.717, 1.165) is 35.0 Å². The summed E-state index contributed by atoms with van der Waals surface area (Å²) in [4.78, 5) is 36.8. The Labute approximate surface area is 233 Å². The van der Waals surface area contributed by atoms with Gasteiger partial charge >= 0.3 is 7.82 Å². The molecule has 2 aromatic carbocycles. The van der Waals surface area contributed by atoms with Gasteiger partial charge in [0, 0.05) is 19.2 Å². The number of benzene rings is 2. The Bertz CT molecular complexity index is 1410. The molecule has 1 heterocycles. The summed E-state index contributed by atoms with van der Waals surface area (Å²) in [5.41, 5.74) is 6.23. The summed E-state index contributed by atoms with van der Waals surface area (Å²) in [6.07, 6.45) is 1.74. The lowest BCUT2D eigenvalue weighted by Gasteiger charge is -2.37. The number of halogens is 2. The second-order valence-corrected chi connectivity index (χ2v) is 11.8. The monoisotopic (exact) mass is 592 g/mol. The number of thioether (sulfide) groups is 1. The number of amides is 1. The lowest BCUT2D eigenvalue weighted by molar-refractivity contribution is -0.144. The van der Waals surface area contributed by atoms with Crippen LogP contribution >= 0.6 is 19.6 Å². The fraction of sp³-hybridized carbons (Fsp3) is 0.360. The number of hydrogen-bond donors (Lipinski definition) is 3. The molecule has 2 aliphatic rings. The fourth-order valence-electron chi connectivity index (χ4n) is 4.38. The van der Waals surface area contributed by atoms with Crippen LogP contribution in [0.1, 0.15) is 36.8 Å². The van der Waals surface area contributed by atoms with Gasteiger partial charge in [-0.3, -0.25) is 9.32 Å². The number of rotatable bonds is 10. The molecule has 1 fully saturated rings. The average molecular weight is 593 g/mol. The number of carbonyl (C=O) groups excluding carboxylic acids is 1. The third kappa shape index (κ3) is 6.68. The van der Waals surface area contributed by atoms with Gasteiger partial charge in [-0.15, -0.1) is 4.99 Å². The number of nitrogens with two attached hydrogens (primary N) is 1. The van der Waals surface area contributed by atoms with Crippen LogP contribution < -0.4 is 5.73 Å². The first-order valence-electron chi connectivity index (χ1n) is 12.2. The Morgan fingerprint density at radius 2 is 2.05 bits per heavy atom. The van der Waals surface area contributed by atoms with Crippen LogP contribution in [0.2, 0.25) is 0 Å². The quantitative estimate of drug-likeness (QED) is 0.162. The molecule has 1 unspecified atom stereocenters. The van der Waals surface area contributed by atoms with Crippen LogP contribution in [0, 0.1) is 29.0 Å². The molecule has 2 aromatic rings. The summed E-state index contributed by atoms with van der Waals surface area (Å²) >= 11 is 1.03. The molecule has 11 nitrogen and oxygen atoms in total. The minimum atomic E-state index is -5.06. The number of hydrogen-bond acceptors (Lipinski definition) is 7. The Morgan fingerprint density at radius 3 is 2.67 bits per heavy atom. The van der Waals surface area contributed by atoms with Gasteiger partial charge < -0.3 is 20.4 Å². The van der Waals surface area contributed by atoms with E-state index >= 15 is 0 Å². The zero-order valence-electron chi connectivity index (χ0n) is 21.4. The maximum Gasteiger partial charge on any atom is 0.470 e. The van der Waals surface area contributed by atoms with Crippen LogP contribution in [-0.2, 0) is 18.8 Å². The lowest BCUT2D eigenvalue weighted by atomic mass is 9.99. The number of nitriles is 1. The van der Waals surface area contributed by atoms with E-state index in [1.165, 1.54) is 0 Å².